The van der Waals surface area contributed by atoms with Crippen molar-refractivity contribution in [2.24, 2.45) is 11.8 Å². The summed E-state index contributed by atoms with van der Waals surface area (Å²) in [5.74, 6) is 6.31. The van der Waals surface area contributed by atoms with Gasteiger partial charge in [0.2, 0.25) is 0 Å². The fraction of sp³-hybridized carbons (Fsp3) is 0.833. The highest BCUT2D eigenvalue weighted by Gasteiger charge is 2.20. The van der Waals surface area contributed by atoms with Crippen molar-refractivity contribution < 1.29 is 0 Å². The molecule has 0 aromatic rings. The summed E-state index contributed by atoms with van der Waals surface area (Å²) >= 11 is 0. The Morgan fingerprint density at radius 1 is 1.50 bits per heavy atom. The molecule has 0 radical (unpaired) electrons. The first-order valence-corrected chi connectivity index (χ1v) is 5.94. The zero-order chi connectivity index (χ0) is 10.4. The summed E-state index contributed by atoms with van der Waals surface area (Å²) in [6.45, 7) is 4.53. The molecule has 0 fully saturated rings. The van der Waals surface area contributed by atoms with Gasteiger partial charge in [0.15, 0.2) is 0 Å². The summed E-state index contributed by atoms with van der Waals surface area (Å²) in [5.41, 5.74) is 4.53. The maximum atomic E-state index is 5.64. The molecule has 0 aromatic heterocycles. The molecule has 2 heteroatoms. The molecule has 2 atom stereocenters. The van der Waals surface area contributed by atoms with Crippen LogP contribution >= 0.6 is 0 Å². The molecule has 0 aromatic carbocycles. The maximum Gasteiger partial charge on any atom is 0.0445 e. The molecule has 3 N–H and O–H groups in total. The van der Waals surface area contributed by atoms with Crippen LogP contribution in [0.2, 0.25) is 0 Å². The molecule has 0 spiro atoms. The molecule has 2 nitrogen and oxygen atoms in total. The Kier molecular flexibility index (Phi) is 5.20. The van der Waals surface area contributed by atoms with E-state index in [2.05, 4.69) is 25.3 Å². The van der Waals surface area contributed by atoms with E-state index in [0.717, 1.165) is 0 Å². The summed E-state index contributed by atoms with van der Waals surface area (Å²) in [6.07, 6.45) is 10.1. The lowest BCUT2D eigenvalue weighted by Gasteiger charge is -2.27. The quantitative estimate of drug-likeness (QED) is 0.403. The van der Waals surface area contributed by atoms with E-state index in [9.17, 15) is 0 Å². The molecule has 14 heavy (non-hydrogen) atoms. The van der Waals surface area contributed by atoms with Crippen molar-refractivity contribution in [1.82, 2.24) is 5.43 Å². The first-order valence-electron chi connectivity index (χ1n) is 5.94. The second-order valence-electron chi connectivity index (χ2n) is 4.44. The average molecular weight is 196 g/mol. The average Bonchev–Trinajstić information content (AvgIpc) is 2.21. The van der Waals surface area contributed by atoms with Crippen LogP contribution in [0.4, 0.5) is 0 Å². The topological polar surface area (TPSA) is 38.0 Å². The number of rotatable bonds is 5. The van der Waals surface area contributed by atoms with Gasteiger partial charge in [-0.15, -0.1) is 0 Å². The molecule has 1 aliphatic carbocycles. The third-order valence-corrected chi connectivity index (χ3v) is 3.22. The summed E-state index contributed by atoms with van der Waals surface area (Å²) in [4.78, 5) is 0. The van der Waals surface area contributed by atoms with E-state index in [1.165, 1.54) is 38.5 Å². The third-order valence-electron chi connectivity index (χ3n) is 3.22. The molecular formula is C12H24N2. The Hall–Kier alpha value is -0.340. The van der Waals surface area contributed by atoms with Gasteiger partial charge in [-0.3, -0.25) is 11.3 Å². The summed E-state index contributed by atoms with van der Waals surface area (Å²) in [5, 5.41) is 0. The largest absolute Gasteiger partial charge is 0.271 e. The van der Waals surface area contributed by atoms with Gasteiger partial charge in [-0.1, -0.05) is 31.9 Å². The highest BCUT2D eigenvalue weighted by Crippen LogP contribution is 2.25. The van der Waals surface area contributed by atoms with Crippen LogP contribution < -0.4 is 11.3 Å². The van der Waals surface area contributed by atoms with Crippen molar-refractivity contribution in [3.05, 3.63) is 11.6 Å². The van der Waals surface area contributed by atoms with Gasteiger partial charge in [-0.2, -0.15) is 0 Å². The Labute approximate surface area is 87.9 Å². The van der Waals surface area contributed by atoms with Gasteiger partial charge in [0.05, 0.1) is 0 Å². The van der Waals surface area contributed by atoms with E-state index in [0.29, 0.717) is 12.0 Å². The highest BCUT2D eigenvalue weighted by atomic mass is 15.2. The summed E-state index contributed by atoms with van der Waals surface area (Å²) in [7, 11) is 0. The van der Waals surface area contributed by atoms with Crippen molar-refractivity contribution in [2.45, 2.75) is 58.4 Å². The van der Waals surface area contributed by atoms with Crippen LogP contribution in [0.5, 0.6) is 0 Å². The predicted molar refractivity (Wildman–Crippen MR) is 61.7 cm³/mol. The third kappa shape index (κ3) is 3.10. The van der Waals surface area contributed by atoms with Crippen molar-refractivity contribution in [3.63, 3.8) is 0 Å². The summed E-state index contributed by atoms with van der Waals surface area (Å²) in [6, 6.07) is 0.412. The number of nitrogens with two attached hydrogens (primary N) is 1. The van der Waals surface area contributed by atoms with Crippen molar-refractivity contribution in [1.29, 1.82) is 0 Å². The lowest BCUT2D eigenvalue weighted by atomic mass is 9.86. The standard InChI is InChI=1S/C12H24N2/c1-3-7-10(2)12(14-13)11-8-5-4-6-9-11/h8,10,12,14H,3-7,9,13H2,1-2H3. The Morgan fingerprint density at radius 2 is 2.29 bits per heavy atom. The Morgan fingerprint density at radius 3 is 2.79 bits per heavy atom. The molecule has 0 amide bonds. The normalized spacial score (nSPS) is 21.5. The minimum absolute atomic E-state index is 0.412. The van der Waals surface area contributed by atoms with Gasteiger partial charge >= 0.3 is 0 Å². The lowest BCUT2D eigenvalue weighted by Crippen LogP contribution is -2.41. The van der Waals surface area contributed by atoms with Crippen LogP contribution in [0, 0.1) is 5.92 Å². The van der Waals surface area contributed by atoms with Gasteiger partial charge in [0.1, 0.15) is 0 Å². The molecule has 0 bridgehead atoms. The van der Waals surface area contributed by atoms with Crippen LogP contribution in [0.1, 0.15) is 52.4 Å². The smallest absolute Gasteiger partial charge is 0.0445 e. The SMILES string of the molecule is CCCC(C)C(NN)C1=CCCCC1. The molecular weight excluding hydrogens is 172 g/mol. The molecule has 2 unspecified atom stereocenters. The lowest BCUT2D eigenvalue weighted by molar-refractivity contribution is 0.384. The first kappa shape index (κ1) is 11.7. The fourth-order valence-corrected chi connectivity index (χ4v) is 2.40. The van der Waals surface area contributed by atoms with Gasteiger partial charge < -0.3 is 0 Å². The number of hydrazine groups is 1. The van der Waals surface area contributed by atoms with Crippen molar-refractivity contribution >= 4 is 0 Å². The number of nitrogens with one attached hydrogen (secondary N) is 1. The molecule has 1 aliphatic rings. The van der Waals surface area contributed by atoms with Gasteiger partial charge in [0.25, 0.3) is 0 Å². The highest BCUT2D eigenvalue weighted by molar-refractivity contribution is 5.13. The zero-order valence-corrected chi connectivity index (χ0v) is 9.55. The minimum Gasteiger partial charge on any atom is -0.271 e. The van der Waals surface area contributed by atoms with Crippen LogP contribution in [0.3, 0.4) is 0 Å². The zero-order valence-electron chi connectivity index (χ0n) is 9.55. The second kappa shape index (κ2) is 6.20. The monoisotopic (exact) mass is 196 g/mol. The Bertz CT molecular complexity index is 187. The molecule has 82 valence electrons. The minimum atomic E-state index is 0.412. The van der Waals surface area contributed by atoms with Crippen LogP contribution in [0.25, 0.3) is 0 Å². The molecule has 0 aliphatic heterocycles. The van der Waals surface area contributed by atoms with Crippen molar-refractivity contribution in [2.75, 3.05) is 0 Å². The second-order valence-corrected chi connectivity index (χ2v) is 4.44. The predicted octanol–water partition coefficient (Wildman–Crippen LogP) is 2.75. The first-order chi connectivity index (χ1) is 6.79. The summed E-state index contributed by atoms with van der Waals surface area (Å²) < 4.78 is 0. The molecule has 0 saturated carbocycles. The van der Waals surface area contributed by atoms with Crippen molar-refractivity contribution in [3.8, 4) is 0 Å². The van der Waals surface area contributed by atoms with E-state index >= 15 is 0 Å². The number of hydrogen-bond donors (Lipinski definition) is 2. The fourth-order valence-electron chi connectivity index (χ4n) is 2.40. The maximum absolute atomic E-state index is 5.64. The van der Waals surface area contributed by atoms with E-state index < -0.39 is 0 Å². The van der Waals surface area contributed by atoms with Crippen LogP contribution in [0.15, 0.2) is 11.6 Å². The number of allylic oxidation sites excluding steroid dienone is 1. The van der Waals surface area contributed by atoms with E-state index in [1.54, 1.807) is 5.57 Å². The van der Waals surface area contributed by atoms with E-state index in [4.69, 9.17) is 5.84 Å². The number of hydrogen-bond acceptors (Lipinski definition) is 2. The van der Waals surface area contributed by atoms with Gasteiger partial charge in [-0.25, -0.2) is 0 Å². The van der Waals surface area contributed by atoms with Crippen LogP contribution in [-0.4, -0.2) is 6.04 Å². The van der Waals surface area contributed by atoms with E-state index in [1.807, 2.05) is 0 Å². The molecule has 1 rings (SSSR count). The Balaban J connectivity index is 2.55. The van der Waals surface area contributed by atoms with Gasteiger partial charge in [-0.05, 0) is 38.0 Å². The molecule has 0 heterocycles. The molecule has 0 saturated heterocycles. The van der Waals surface area contributed by atoms with Crippen LogP contribution in [-0.2, 0) is 0 Å². The van der Waals surface area contributed by atoms with Gasteiger partial charge in [0, 0.05) is 6.04 Å². The van der Waals surface area contributed by atoms with E-state index in [-0.39, 0.29) is 0 Å².